The van der Waals surface area contributed by atoms with Crippen LogP contribution in [0.3, 0.4) is 0 Å². The number of rotatable bonds is 22. The number of piperazine rings is 2. The lowest BCUT2D eigenvalue weighted by Gasteiger charge is -2.37. The number of halogens is 1. The quantitative estimate of drug-likeness (QED) is 0.0513. The third-order valence-corrected chi connectivity index (χ3v) is 17.0. The van der Waals surface area contributed by atoms with Crippen LogP contribution < -0.4 is 53.2 Å². The summed E-state index contributed by atoms with van der Waals surface area (Å²) in [5, 5.41) is 21.1. The first-order valence-electron chi connectivity index (χ1n) is 31.6. The summed E-state index contributed by atoms with van der Waals surface area (Å²) in [6, 6.07) is 4.72. The average molecular weight is 1150 g/mol. The molecule has 4 aliphatic carbocycles. The zero-order chi connectivity index (χ0) is 56.7. The Hall–Kier alpha value is -4.37. The zero-order valence-electron chi connectivity index (χ0n) is 50.8. The number of nitrogens with one attached hydrogen (secondary N) is 6. The highest BCUT2D eigenvalue weighted by atomic mass is 35.5. The van der Waals surface area contributed by atoms with E-state index in [1.54, 1.807) is 0 Å². The number of amides is 2. The molecule has 10 N–H and O–H groups in total. The van der Waals surface area contributed by atoms with Crippen molar-refractivity contribution >= 4 is 59.8 Å². The fourth-order valence-corrected chi connectivity index (χ4v) is 12.5. The lowest BCUT2D eigenvalue weighted by molar-refractivity contribution is 0.00903. The fourth-order valence-electron chi connectivity index (χ4n) is 12.5. The van der Waals surface area contributed by atoms with Gasteiger partial charge in [0.2, 0.25) is 11.9 Å². The Morgan fingerprint density at radius 1 is 0.580 bits per heavy atom. The Balaban J connectivity index is 0.000000273. The van der Waals surface area contributed by atoms with Gasteiger partial charge in [0, 0.05) is 109 Å². The molecule has 4 heterocycles. The number of aromatic nitrogens is 4. The zero-order valence-corrected chi connectivity index (χ0v) is 51.7. The van der Waals surface area contributed by atoms with Crippen molar-refractivity contribution in [3.8, 4) is 0 Å². The predicted molar refractivity (Wildman–Crippen MR) is 333 cm³/mol. The highest BCUT2D eigenvalue weighted by Gasteiger charge is 2.32. The molecule has 8 rings (SSSR count). The first-order valence-corrected chi connectivity index (χ1v) is 31.6. The van der Waals surface area contributed by atoms with Crippen LogP contribution in [0.4, 0.5) is 44.8 Å². The summed E-state index contributed by atoms with van der Waals surface area (Å²) in [6.07, 6.45) is 23.4. The molecule has 0 bridgehead atoms. The van der Waals surface area contributed by atoms with Gasteiger partial charge in [-0.2, -0.15) is 19.9 Å². The molecule has 0 spiro atoms. The minimum absolute atomic E-state index is 0. The van der Waals surface area contributed by atoms with Crippen LogP contribution in [-0.4, -0.2) is 170 Å². The minimum Gasteiger partial charge on any atom is -0.444 e. The van der Waals surface area contributed by atoms with Gasteiger partial charge in [0.05, 0.1) is 0 Å². The van der Waals surface area contributed by atoms with Gasteiger partial charge in [-0.15, -0.1) is 12.4 Å². The molecule has 20 nitrogen and oxygen atoms in total. The number of nitrogens with two attached hydrogens (primary N) is 2. The number of anilines is 6. The van der Waals surface area contributed by atoms with E-state index in [9.17, 15) is 9.59 Å². The van der Waals surface area contributed by atoms with E-state index in [0.29, 0.717) is 67.3 Å². The Bertz CT molecular complexity index is 2110. The molecule has 2 aliphatic heterocycles. The maximum Gasteiger partial charge on any atom is 0.410 e. The number of nitrogen functional groups attached to an aromatic ring is 2. The largest absolute Gasteiger partial charge is 0.444 e. The number of hydrogen-bond acceptors (Lipinski definition) is 18. The van der Waals surface area contributed by atoms with E-state index in [1.807, 2.05) is 63.5 Å². The van der Waals surface area contributed by atoms with Crippen LogP contribution in [0.25, 0.3) is 0 Å². The average Bonchev–Trinajstić information content (AvgIpc) is 3.45. The smallest absolute Gasteiger partial charge is 0.410 e. The maximum atomic E-state index is 13.4. The SMILES string of the molecule is CC(C)(C)OC(=O)N(CCCN(C(=O)OC(C)(C)C)C1CCCCC1)CC1CCC(CNc2nc(N)cc(N3CCNCC3)n2)CC1.Cl.Nc1cc(N2CCNCC2)nc(NCC2CCC(CNCCCNC3CCCCC3)CC2)n1. The van der Waals surface area contributed by atoms with Gasteiger partial charge in [0.25, 0.3) is 0 Å². The number of hydrogen-bond donors (Lipinski definition) is 8. The summed E-state index contributed by atoms with van der Waals surface area (Å²) in [6.45, 7) is 26.1. The number of carbonyl (C=O) groups is 2. The third kappa shape index (κ3) is 24.0. The molecule has 0 unspecified atom stereocenters. The Morgan fingerprint density at radius 2 is 1.04 bits per heavy atom. The lowest BCUT2D eigenvalue weighted by Crippen LogP contribution is -2.46. The standard InChI is InChI=1S/C35H62N8O4.C25H46N8.ClH/c1-34(2,3)46-32(44)42(19-10-20-43(28-11-8-7-9-12-28)33(45)47-35(4,5)6)25-27-15-13-26(14-16-27)24-38-31-39-29(36)23-30(40-31)41-21-17-37-18-22-41;26-23-17-24(33-15-13-27-14-16-33)32-25(31-23)30-19-21-9-7-20(8-10-21)18-28-11-4-12-29-22-5-2-1-3-6-22;/h23,26-28,37H,7-22,24-25H2,1-6H3,(H3,36,38,39,40);17,20-22,27-29H,1-16,18-19H2,(H3,26,30,31,32);1H. The van der Waals surface area contributed by atoms with Crippen LogP contribution in [0.2, 0.25) is 0 Å². The molecule has 2 aromatic rings. The van der Waals surface area contributed by atoms with Crippen LogP contribution in [0.5, 0.6) is 0 Å². The van der Waals surface area contributed by atoms with Gasteiger partial charge >= 0.3 is 12.2 Å². The van der Waals surface area contributed by atoms with Gasteiger partial charge in [-0.05, 0) is 175 Å². The molecule has 0 radical (unpaired) electrons. The molecule has 6 fully saturated rings. The second-order valence-corrected chi connectivity index (χ2v) is 26.1. The molecule has 0 atom stereocenters. The molecule has 2 saturated heterocycles. The van der Waals surface area contributed by atoms with Crippen molar-refractivity contribution in [1.29, 1.82) is 0 Å². The summed E-state index contributed by atoms with van der Waals surface area (Å²) < 4.78 is 11.6. The van der Waals surface area contributed by atoms with Crippen LogP contribution >= 0.6 is 12.4 Å². The molecule has 6 aliphatic rings. The van der Waals surface area contributed by atoms with Crippen LogP contribution in [0.1, 0.15) is 170 Å². The van der Waals surface area contributed by atoms with E-state index in [0.717, 1.165) is 147 Å². The van der Waals surface area contributed by atoms with Gasteiger partial charge in [-0.3, -0.25) is 0 Å². The van der Waals surface area contributed by atoms with Crippen LogP contribution in [0.15, 0.2) is 12.1 Å². The van der Waals surface area contributed by atoms with E-state index in [1.165, 1.54) is 83.7 Å². The second-order valence-electron chi connectivity index (χ2n) is 26.1. The van der Waals surface area contributed by atoms with E-state index in [4.69, 9.17) is 30.9 Å². The predicted octanol–water partition coefficient (Wildman–Crippen LogP) is 8.89. The van der Waals surface area contributed by atoms with E-state index >= 15 is 0 Å². The summed E-state index contributed by atoms with van der Waals surface area (Å²) in [5.74, 6) is 6.55. The number of nitrogens with zero attached hydrogens (tertiary/aromatic N) is 8. The molecule has 81 heavy (non-hydrogen) atoms. The molecular weight excluding hydrogens is 1040 g/mol. The normalized spacial score (nSPS) is 22.3. The van der Waals surface area contributed by atoms with E-state index in [-0.39, 0.29) is 30.6 Å². The van der Waals surface area contributed by atoms with Gasteiger partial charge in [0.15, 0.2) is 0 Å². The highest BCUT2D eigenvalue weighted by Crippen LogP contribution is 2.32. The van der Waals surface area contributed by atoms with Crippen molar-refractivity contribution in [3.05, 3.63) is 12.1 Å². The highest BCUT2D eigenvalue weighted by molar-refractivity contribution is 5.85. The third-order valence-electron chi connectivity index (χ3n) is 17.0. The van der Waals surface area contributed by atoms with Crippen molar-refractivity contribution in [1.82, 2.24) is 51.0 Å². The van der Waals surface area contributed by atoms with Gasteiger partial charge in [-0.25, -0.2) is 9.59 Å². The Morgan fingerprint density at radius 3 is 1.53 bits per heavy atom. The molecule has 21 heteroatoms. The van der Waals surface area contributed by atoms with Crippen molar-refractivity contribution in [2.75, 3.05) is 137 Å². The van der Waals surface area contributed by atoms with Crippen molar-refractivity contribution in [2.24, 2.45) is 23.7 Å². The number of carbonyl (C=O) groups excluding carboxylic acids is 2. The van der Waals surface area contributed by atoms with Gasteiger partial charge in [-0.1, -0.05) is 38.5 Å². The first-order chi connectivity index (χ1) is 38.5. The summed E-state index contributed by atoms with van der Waals surface area (Å²) in [4.78, 5) is 53.3. The topological polar surface area (TPSA) is 241 Å². The van der Waals surface area contributed by atoms with Gasteiger partial charge < -0.3 is 72.4 Å². The van der Waals surface area contributed by atoms with Crippen LogP contribution in [-0.2, 0) is 9.47 Å². The summed E-state index contributed by atoms with van der Waals surface area (Å²) >= 11 is 0. The number of ether oxygens (including phenoxy) is 2. The summed E-state index contributed by atoms with van der Waals surface area (Å²) in [5.41, 5.74) is 11.1. The molecule has 0 aromatic carbocycles. The second kappa shape index (κ2) is 33.8. The summed E-state index contributed by atoms with van der Waals surface area (Å²) in [7, 11) is 0. The Kier molecular flexibility index (Phi) is 27.5. The Labute approximate surface area is 493 Å². The molecule has 4 saturated carbocycles. The molecule has 2 aromatic heterocycles. The molecule has 2 amide bonds. The molecule has 460 valence electrons. The van der Waals surface area contributed by atoms with Crippen molar-refractivity contribution in [2.45, 2.75) is 193 Å². The van der Waals surface area contributed by atoms with Gasteiger partial charge in [0.1, 0.15) is 34.5 Å². The maximum absolute atomic E-state index is 13.4. The fraction of sp³-hybridized carbons (Fsp3) is 0.833. The molecular formula is C60H109ClN16O4. The van der Waals surface area contributed by atoms with Crippen LogP contribution in [0, 0.1) is 23.7 Å². The lowest BCUT2D eigenvalue weighted by atomic mass is 9.81. The van der Waals surface area contributed by atoms with E-state index in [2.05, 4.69) is 51.7 Å². The monoisotopic (exact) mass is 1150 g/mol. The first kappa shape index (κ1) is 65.8. The van der Waals surface area contributed by atoms with Crippen molar-refractivity contribution in [3.63, 3.8) is 0 Å². The van der Waals surface area contributed by atoms with Crippen molar-refractivity contribution < 1.29 is 19.1 Å². The minimum atomic E-state index is -0.572. The van der Waals surface area contributed by atoms with E-state index < -0.39 is 11.2 Å².